The van der Waals surface area contributed by atoms with E-state index in [-0.39, 0.29) is 30.3 Å². The number of ether oxygens (including phenoxy) is 1. The molecule has 2 heterocycles. The summed E-state index contributed by atoms with van der Waals surface area (Å²) in [7, 11) is 0. The summed E-state index contributed by atoms with van der Waals surface area (Å²) < 4.78 is 7.96. The van der Waals surface area contributed by atoms with Gasteiger partial charge in [0.1, 0.15) is 35.1 Å². The van der Waals surface area contributed by atoms with Crippen molar-refractivity contribution >= 4 is 35.0 Å². The second-order valence-corrected chi connectivity index (χ2v) is 10.8. The third-order valence-electron chi connectivity index (χ3n) is 7.42. The Hall–Kier alpha value is -3.49. The summed E-state index contributed by atoms with van der Waals surface area (Å²) in [5.41, 5.74) is 14.9. The van der Waals surface area contributed by atoms with Crippen LogP contribution < -0.4 is 16.2 Å². The highest BCUT2D eigenvalue weighted by atomic mass is 35.5. The first-order chi connectivity index (χ1) is 18.4. The Kier molecular flexibility index (Phi) is 9.20. The van der Waals surface area contributed by atoms with Crippen molar-refractivity contribution in [3.05, 3.63) is 60.9 Å². The molecule has 0 unspecified atom stereocenters. The first-order valence-electron chi connectivity index (χ1n) is 13.5. The van der Waals surface area contributed by atoms with Crippen LogP contribution in [0.2, 0.25) is 0 Å². The number of nitrogens with zero attached hydrogens (tertiary/aromatic N) is 4. The molecule has 0 radical (unpaired) electrons. The normalized spacial score (nSPS) is 18.1. The van der Waals surface area contributed by atoms with Crippen molar-refractivity contribution in [2.45, 2.75) is 64.5 Å². The molecule has 9 heteroatoms. The lowest BCUT2D eigenvalue weighted by Gasteiger charge is -2.29. The molecule has 1 aliphatic carbocycles. The Balaban J connectivity index is 0.00000353. The van der Waals surface area contributed by atoms with Crippen molar-refractivity contribution in [3.63, 3.8) is 0 Å². The third-order valence-corrected chi connectivity index (χ3v) is 7.42. The van der Waals surface area contributed by atoms with E-state index >= 15 is 0 Å². The standard InChI is InChI=1S/C30H36N6O2.ClH/c1-19(2)16-25(31)26(37)17-20-8-12-22(13-9-20)36-30-27(29(32)33-18-34-30)28(35-36)21-10-14-24(15-11-21)38-23-6-4-3-5-7-23;/h3-7,10-11,14-15,18-20,22,25H,8-9,12-13,16-17,31H2,1-2H3,(H2,32,33,34);1H/t20?,22?,25-;/m1./s1. The van der Waals surface area contributed by atoms with E-state index in [9.17, 15) is 4.79 Å². The van der Waals surface area contributed by atoms with E-state index in [0.717, 1.165) is 65.9 Å². The number of hydrogen-bond acceptors (Lipinski definition) is 7. The maximum atomic E-state index is 12.6. The maximum Gasteiger partial charge on any atom is 0.164 e. The van der Waals surface area contributed by atoms with E-state index in [4.69, 9.17) is 21.3 Å². The van der Waals surface area contributed by atoms with Crippen LogP contribution in [0.3, 0.4) is 0 Å². The number of halogens is 1. The number of para-hydroxylation sites is 1. The smallest absolute Gasteiger partial charge is 0.164 e. The van der Waals surface area contributed by atoms with Gasteiger partial charge in [-0.05, 0) is 80.3 Å². The number of nitrogens with two attached hydrogens (primary N) is 2. The average Bonchev–Trinajstić information content (AvgIpc) is 3.31. The van der Waals surface area contributed by atoms with E-state index < -0.39 is 0 Å². The largest absolute Gasteiger partial charge is 0.457 e. The van der Waals surface area contributed by atoms with Gasteiger partial charge in [0.2, 0.25) is 0 Å². The molecule has 8 nitrogen and oxygen atoms in total. The lowest BCUT2D eigenvalue weighted by Crippen LogP contribution is -2.34. The molecule has 4 aromatic rings. The minimum Gasteiger partial charge on any atom is -0.457 e. The van der Waals surface area contributed by atoms with Crippen LogP contribution in [-0.2, 0) is 4.79 Å². The van der Waals surface area contributed by atoms with E-state index in [2.05, 4.69) is 23.8 Å². The highest BCUT2D eigenvalue weighted by Gasteiger charge is 2.29. The molecule has 206 valence electrons. The van der Waals surface area contributed by atoms with Gasteiger partial charge in [-0.3, -0.25) is 4.79 Å². The molecule has 2 aromatic heterocycles. The predicted octanol–water partition coefficient (Wildman–Crippen LogP) is 6.35. The number of benzene rings is 2. The molecule has 1 aliphatic rings. The van der Waals surface area contributed by atoms with Crippen LogP contribution in [0.25, 0.3) is 22.3 Å². The van der Waals surface area contributed by atoms with Gasteiger partial charge in [-0.2, -0.15) is 5.10 Å². The van der Waals surface area contributed by atoms with Gasteiger partial charge in [-0.15, -0.1) is 12.4 Å². The molecule has 0 aliphatic heterocycles. The molecule has 0 saturated heterocycles. The molecular weight excluding hydrogens is 512 g/mol. The summed E-state index contributed by atoms with van der Waals surface area (Å²) >= 11 is 0. The van der Waals surface area contributed by atoms with Crippen LogP contribution in [0, 0.1) is 11.8 Å². The van der Waals surface area contributed by atoms with Crippen LogP contribution in [0.15, 0.2) is 60.9 Å². The van der Waals surface area contributed by atoms with E-state index in [1.54, 1.807) is 0 Å². The summed E-state index contributed by atoms with van der Waals surface area (Å²) in [5.74, 6) is 2.93. The second kappa shape index (κ2) is 12.6. The van der Waals surface area contributed by atoms with Crippen LogP contribution in [0.1, 0.15) is 58.4 Å². The van der Waals surface area contributed by atoms with E-state index in [1.807, 2.05) is 59.3 Å². The number of nitrogen functional groups attached to an aromatic ring is 1. The van der Waals surface area contributed by atoms with Gasteiger partial charge < -0.3 is 16.2 Å². The molecule has 1 fully saturated rings. The van der Waals surface area contributed by atoms with Crippen LogP contribution >= 0.6 is 12.4 Å². The quantitative estimate of drug-likeness (QED) is 0.250. The van der Waals surface area contributed by atoms with Gasteiger partial charge in [0.05, 0.1) is 17.5 Å². The zero-order valence-corrected chi connectivity index (χ0v) is 23.3. The molecule has 0 amide bonds. The Morgan fingerprint density at radius 3 is 2.33 bits per heavy atom. The molecule has 4 N–H and O–H groups in total. The molecular formula is C30H37ClN6O2. The van der Waals surface area contributed by atoms with Crippen molar-refractivity contribution in [2.75, 3.05) is 5.73 Å². The third kappa shape index (κ3) is 6.57. The zero-order chi connectivity index (χ0) is 26.6. The van der Waals surface area contributed by atoms with Crippen molar-refractivity contribution in [1.82, 2.24) is 19.7 Å². The minimum absolute atomic E-state index is 0. The van der Waals surface area contributed by atoms with Gasteiger partial charge in [0.25, 0.3) is 0 Å². The summed E-state index contributed by atoms with van der Waals surface area (Å²) in [4.78, 5) is 21.4. The molecule has 2 aromatic carbocycles. The number of fused-ring (bicyclic) bond motifs is 1. The van der Waals surface area contributed by atoms with Gasteiger partial charge in [0.15, 0.2) is 5.65 Å². The zero-order valence-electron chi connectivity index (χ0n) is 22.5. The van der Waals surface area contributed by atoms with Crippen LogP contribution in [-0.4, -0.2) is 31.6 Å². The summed E-state index contributed by atoms with van der Waals surface area (Å²) in [5, 5.41) is 5.78. The maximum absolute atomic E-state index is 12.6. The number of carbonyl (C=O) groups excluding carboxylic acids is 1. The lowest BCUT2D eigenvalue weighted by atomic mass is 9.82. The molecule has 1 atom stereocenters. The number of carbonyl (C=O) groups is 1. The number of Topliss-reactive ketones (excluding diaryl/α,β-unsaturated/α-hetero) is 1. The molecule has 1 saturated carbocycles. The molecule has 5 rings (SSSR count). The Labute approximate surface area is 235 Å². The molecule has 0 bridgehead atoms. The molecule has 39 heavy (non-hydrogen) atoms. The number of anilines is 1. The fourth-order valence-corrected chi connectivity index (χ4v) is 5.43. The number of aromatic nitrogens is 4. The monoisotopic (exact) mass is 548 g/mol. The van der Waals surface area contributed by atoms with Crippen molar-refractivity contribution in [1.29, 1.82) is 0 Å². The predicted molar refractivity (Wildman–Crippen MR) is 157 cm³/mol. The minimum atomic E-state index is -0.352. The summed E-state index contributed by atoms with van der Waals surface area (Å²) in [6.07, 6.45) is 6.61. The van der Waals surface area contributed by atoms with Crippen molar-refractivity contribution in [2.24, 2.45) is 17.6 Å². The van der Waals surface area contributed by atoms with Crippen LogP contribution in [0.4, 0.5) is 5.82 Å². The summed E-state index contributed by atoms with van der Waals surface area (Å²) in [6.45, 7) is 4.20. The first-order valence-corrected chi connectivity index (χ1v) is 13.5. The average molecular weight is 549 g/mol. The first kappa shape index (κ1) is 28.5. The summed E-state index contributed by atoms with van der Waals surface area (Å²) in [6, 6.07) is 17.4. The number of rotatable bonds is 9. The van der Waals surface area contributed by atoms with E-state index in [0.29, 0.717) is 24.1 Å². The van der Waals surface area contributed by atoms with Gasteiger partial charge >= 0.3 is 0 Å². The van der Waals surface area contributed by atoms with Gasteiger partial charge in [0, 0.05) is 12.0 Å². The number of ketones is 1. The topological polar surface area (TPSA) is 122 Å². The van der Waals surface area contributed by atoms with Crippen molar-refractivity contribution in [3.8, 4) is 22.8 Å². The lowest BCUT2D eigenvalue weighted by molar-refractivity contribution is -0.121. The Bertz CT molecular complexity index is 1380. The van der Waals surface area contributed by atoms with E-state index in [1.165, 1.54) is 6.33 Å². The van der Waals surface area contributed by atoms with Crippen LogP contribution in [0.5, 0.6) is 11.5 Å². The van der Waals surface area contributed by atoms with Gasteiger partial charge in [-0.1, -0.05) is 32.0 Å². The van der Waals surface area contributed by atoms with Gasteiger partial charge in [-0.25, -0.2) is 14.6 Å². The fourth-order valence-electron chi connectivity index (χ4n) is 5.43. The highest BCUT2D eigenvalue weighted by Crippen LogP contribution is 2.38. The second-order valence-electron chi connectivity index (χ2n) is 10.8. The number of hydrogen-bond donors (Lipinski definition) is 2. The Morgan fingerprint density at radius 1 is 1.00 bits per heavy atom. The fraction of sp³-hybridized carbons (Fsp3) is 0.400. The molecule has 0 spiro atoms. The van der Waals surface area contributed by atoms with Crippen molar-refractivity contribution < 1.29 is 9.53 Å². The Morgan fingerprint density at radius 2 is 1.67 bits per heavy atom. The highest BCUT2D eigenvalue weighted by molar-refractivity contribution is 5.98. The SMILES string of the molecule is CC(C)C[C@@H](N)C(=O)CC1CCC(n2nc(-c3ccc(Oc4ccccc4)cc3)c3c(N)ncnc32)CC1.Cl.